The summed E-state index contributed by atoms with van der Waals surface area (Å²) in [4.78, 5) is 0. The Morgan fingerprint density at radius 3 is 2.89 bits per heavy atom. The minimum atomic E-state index is -0.475. The van der Waals surface area contributed by atoms with Crippen molar-refractivity contribution in [2.45, 2.75) is 12.1 Å². The number of ether oxygens (including phenoxy) is 1. The predicted molar refractivity (Wildman–Crippen MR) is 28.2 cm³/mol. The van der Waals surface area contributed by atoms with E-state index in [4.69, 9.17) is 15.7 Å². The van der Waals surface area contributed by atoms with E-state index in [2.05, 4.69) is 10.3 Å². The van der Waals surface area contributed by atoms with Gasteiger partial charge >= 0.3 is 0 Å². The molecule has 52 valence electrons. The Kier molecular flexibility index (Phi) is 1.96. The number of hydrogen-bond donors (Lipinski definition) is 3. The van der Waals surface area contributed by atoms with Gasteiger partial charge in [0.2, 0.25) is 0 Å². The van der Waals surface area contributed by atoms with Crippen molar-refractivity contribution in [3.8, 4) is 0 Å². The van der Waals surface area contributed by atoms with Gasteiger partial charge in [0.25, 0.3) is 0 Å². The summed E-state index contributed by atoms with van der Waals surface area (Å²) in [6, 6.07) is -0.130. The van der Waals surface area contributed by atoms with E-state index in [0.29, 0.717) is 13.2 Å². The van der Waals surface area contributed by atoms with Crippen LogP contribution in [-0.4, -0.2) is 30.5 Å². The number of aliphatic hydroxyl groups is 1. The molecule has 1 saturated heterocycles. The molecule has 5 heteroatoms. The summed E-state index contributed by atoms with van der Waals surface area (Å²) in [6.07, 6.45) is -0.475. The van der Waals surface area contributed by atoms with Crippen LogP contribution in [0.5, 0.6) is 0 Å². The molecule has 5 nitrogen and oxygen atoms in total. The fourth-order valence-electron chi connectivity index (χ4n) is 0.762. The fourth-order valence-corrected chi connectivity index (χ4v) is 0.762. The lowest BCUT2D eigenvalue weighted by Gasteiger charge is -1.99. The highest BCUT2D eigenvalue weighted by Gasteiger charge is 2.27. The quantitative estimate of drug-likeness (QED) is 0.204. The molecule has 0 aliphatic carbocycles. The maximum Gasteiger partial charge on any atom is 0.166 e. The van der Waals surface area contributed by atoms with E-state index in [0.717, 1.165) is 0 Å². The predicted octanol–water partition coefficient (Wildman–Crippen LogP) is -2.85. The molecule has 2 unspecified atom stereocenters. The second kappa shape index (κ2) is 2.75. The van der Waals surface area contributed by atoms with Gasteiger partial charge in [-0.3, -0.25) is 0 Å². The Morgan fingerprint density at radius 2 is 2.44 bits per heavy atom. The van der Waals surface area contributed by atoms with Crippen molar-refractivity contribution in [1.29, 1.82) is 0 Å². The van der Waals surface area contributed by atoms with Gasteiger partial charge in [-0.1, -0.05) is 0 Å². The van der Waals surface area contributed by atoms with Crippen molar-refractivity contribution in [1.82, 2.24) is 0 Å². The monoisotopic (exact) mass is 132 g/mol. The third-order valence-corrected chi connectivity index (χ3v) is 1.29. The Hall–Kier alpha value is -0.680. The molecular weight excluding hydrogens is 122 g/mol. The first-order valence-electron chi connectivity index (χ1n) is 2.76. The summed E-state index contributed by atoms with van der Waals surface area (Å²) in [5.74, 6) is 4.82. The van der Waals surface area contributed by atoms with Crippen LogP contribution in [-0.2, 0) is 4.74 Å². The molecule has 0 bridgehead atoms. The maximum atomic E-state index is 9.02. The molecule has 0 saturated carbocycles. The van der Waals surface area contributed by atoms with E-state index in [-0.39, 0.29) is 6.04 Å². The van der Waals surface area contributed by atoms with Crippen molar-refractivity contribution in [2.24, 2.45) is 11.1 Å². The van der Waals surface area contributed by atoms with Gasteiger partial charge in [0.05, 0.1) is 18.4 Å². The van der Waals surface area contributed by atoms with Crippen LogP contribution < -0.4 is 11.0 Å². The van der Waals surface area contributed by atoms with Crippen molar-refractivity contribution in [3.63, 3.8) is 0 Å². The number of nitrogens with one attached hydrogen (secondary N) is 1. The van der Waals surface area contributed by atoms with E-state index in [9.17, 15) is 0 Å². The van der Waals surface area contributed by atoms with Crippen LogP contribution in [0.1, 0.15) is 0 Å². The van der Waals surface area contributed by atoms with Crippen molar-refractivity contribution < 1.29 is 15.0 Å². The second-order valence-electron chi connectivity index (χ2n) is 1.97. The second-order valence-corrected chi connectivity index (χ2v) is 1.97. The van der Waals surface area contributed by atoms with Crippen LogP contribution in [0.2, 0.25) is 0 Å². The summed E-state index contributed by atoms with van der Waals surface area (Å²) >= 11 is 0. The number of nitrogens with two attached hydrogens (primary N) is 1. The Labute approximate surface area is 52.5 Å². The summed E-state index contributed by atoms with van der Waals surface area (Å²) in [5, 5.41) is 14.7. The van der Waals surface area contributed by atoms with Crippen LogP contribution >= 0.6 is 0 Å². The molecule has 1 aliphatic rings. The zero-order chi connectivity index (χ0) is 6.69. The van der Waals surface area contributed by atoms with Gasteiger partial charge < -0.3 is 9.84 Å². The third kappa shape index (κ3) is 1.36. The van der Waals surface area contributed by atoms with E-state index >= 15 is 0 Å². The standard InChI is InChI=1S/C4H9N3O2/c5-7-6-3-1-9-2-4(3)8/h3-4,8H,1-2H2,(H2,5,6)/p+1. The average Bonchev–Trinajstić information content (AvgIpc) is 2.18. The highest BCUT2D eigenvalue weighted by molar-refractivity contribution is 4.70. The van der Waals surface area contributed by atoms with Gasteiger partial charge in [-0.25, -0.2) is 0 Å². The zero-order valence-electron chi connectivity index (χ0n) is 4.95. The number of nitrogens with zero attached hydrogens (tertiary/aromatic N) is 1. The number of hydrogen-bond acceptors (Lipinski definition) is 3. The topological polar surface area (TPSA) is 81.8 Å². The smallest absolute Gasteiger partial charge is 0.166 e. The molecule has 0 spiro atoms. The van der Waals surface area contributed by atoms with E-state index < -0.39 is 6.10 Å². The summed E-state index contributed by atoms with van der Waals surface area (Å²) in [6.45, 7) is 0.842. The van der Waals surface area contributed by atoms with Crippen molar-refractivity contribution in [3.05, 3.63) is 0 Å². The zero-order valence-corrected chi connectivity index (χ0v) is 4.95. The molecule has 0 amide bonds. The summed E-state index contributed by atoms with van der Waals surface area (Å²) in [7, 11) is 0. The van der Waals surface area contributed by atoms with Gasteiger partial charge in [0.15, 0.2) is 6.04 Å². The van der Waals surface area contributed by atoms with Gasteiger partial charge in [-0.2, -0.15) is 11.0 Å². The first-order valence-corrected chi connectivity index (χ1v) is 2.76. The van der Waals surface area contributed by atoms with Crippen molar-refractivity contribution >= 4 is 0 Å². The first-order chi connectivity index (χ1) is 4.34. The lowest BCUT2D eigenvalue weighted by Crippen LogP contribution is -2.78. The lowest BCUT2D eigenvalue weighted by molar-refractivity contribution is -0.580. The van der Waals surface area contributed by atoms with E-state index in [1.807, 2.05) is 0 Å². The molecule has 0 aromatic carbocycles. The lowest BCUT2D eigenvalue weighted by atomic mass is 10.2. The minimum absolute atomic E-state index is 0.130. The number of rotatable bonds is 1. The van der Waals surface area contributed by atoms with E-state index in [1.165, 1.54) is 0 Å². The summed E-state index contributed by atoms with van der Waals surface area (Å²) in [5.41, 5.74) is 0. The van der Waals surface area contributed by atoms with Gasteiger partial charge in [0.1, 0.15) is 6.10 Å². The normalized spacial score (nSPS) is 36.1. The molecule has 1 aliphatic heterocycles. The molecule has 1 rings (SSSR count). The molecule has 1 heterocycles. The Balaban J connectivity index is 2.39. The highest BCUT2D eigenvalue weighted by atomic mass is 16.5. The third-order valence-electron chi connectivity index (χ3n) is 1.29. The number of aliphatic hydroxyl groups excluding tert-OH is 1. The van der Waals surface area contributed by atoms with Crippen LogP contribution in [0, 0.1) is 0 Å². The molecule has 0 radical (unpaired) electrons. The molecule has 4 N–H and O–H groups in total. The van der Waals surface area contributed by atoms with Crippen LogP contribution in [0.4, 0.5) is 0 Å². The Bertz CT molecular complexity index is 116. The largest absolute Gasteiger partial charge is 0.386 e. The Morgan fingerprint density at radius 1 is 1.67 bits per heavy atom. The maximum absolute atomic E-state index is 9.02. The first kappa shape index (κ1) is 6.44. The average molecular weight is 132 g/mol. The molecule has 1 fully saturated rings. The van der Waals surface area contributed by atoms with E-state index in [1.54, 1.807) is 0 Å². The molecular formula is C4H10N3O2+. The molecule has 2 atom stereocenters. The van der Waals surface area contributed by atoms with Crippen LogP contribution in [0.3, 0.4) is 0 Å². The molecule has 0 aromatic rings. The van der Waals surface area contributed by atoms with Crippen molar-refractivity contribution in [2.75, 3.05) is 13.2 Å². The SMILES string of the molecule is NN=[NH+]C1COCC1O. The van der Waals surface area contributed by atoms with Gasteiger partial charge in [-0.15, -0.1) is 0 Å². The molecule has 0 aromatic heterocycles. The molecule has 9 heavy (non-hydrogen) atoms. The van der Waals surface area contributed by atoms with Crippen LogP contribution in [0.15, 0.2) is 5.22 Å². The fraction of sp³-hybridized carbons (Fsp3) is 1.00. The van der Waals surface area contributed by atoms with Crippen LogP contribution in [0.25, 0.3) is 0 Å². The minimum Gasteiger partial charge on any atom is -0.386 e. The van der Waals surface area contributed by atoms with Gasteiger partial charge in [-0.05, 0) is 0 Å². The highest BCUT2D eigenvalue weighted by Crippen LogP contribution is 1.99. The summed E-state index contributed by atoms with van der Waals surface area (Å²) < 4.78 is 4.89. The van der Waals surface area contributed by atoms with Gasteiger partial charge in [0, 0.05) is 0 Å².